The van der Waals surface area contributed by atoms with Crippen LogP contribution in [0.4, 0.5) is 0 Å². The van der Waals surface area contributed by atoms with E-state index in [1.54, 1.807) is 0 Å². The largest absolute Gasteiger partial charge is 0.361 e. The highest BCUT2D eigenvalue weighted by Gasteiger charge is 2.12. The van der Waals surface area contributed by atoms with Gasteiger partial charge in [-0.25, -0.2) is 0 Å². The molecular formula is C16H22N2. The standard InChI is InChI=1S/C16H22N2/c1-2-6-13(7-3-1)10-17-11-14-12-18-16-9-5-4-8-15(14)16/h4-5,8-9,12-13,17-18H,1-3,6-7,10-11H2. The van der Waals surface area contributed by atoms with Crippen LogP contribution in [-0.2, 0) is 6.54 Å². The number of hydrogen-bond acceptors (Lipinski definition) is 1. The summed E-state index contributed by atoms with van der Waals surface area (Å²) in [5.74, 6) is 0.906. The summed E-state index contributed by atoms with van der Waals surface area (Å²) in [4.78, 5) is 3.34. The van der Waals surface area contributed by atoms with Gasteiger partial charge in [0, 0.05) is 23.6 Å². The van der Waals surface area contributed by atoms with Gasteiger partial charge in [0.05, 0.1) is 0 Å². The van der Waals surface area contributed by atoms with Crippen molar-refractivity contribution >= 4 is 10.9 Å². The van der Waals surface area contributed by atoms with Crippen molar-refractivity contribution in [2.75, 3.05) is 6.54 Å². The summed E-state index contributed by atoms with van der Waals surface area (Å²) < 4.78 is 0. The molecule has 96 valence electrons. The number of aromatic amines is 1. The molecule has 2 aromatic rings. The number of rotatable bonds is 4. The number of benzene rings is 1. The molecule has 0 saturated heterocycles. The first-order valence-corrected chi connectivity index (χ1v) is 7.19. The third-order valence-corrected chi connectivity index (χ3v) is 4.15. The van der Waals surface area contributed by atoms with E-state index < -0.39 is 0 Å². The molecule has 0 radical (unpaired) electrons. The molecule has 0 unspecified atom stereocenters. The normalized spacial score (nSPS) is 17.3. The van der Waals surface area contributed by atoms with Crippen LogP contribution in [0.25, 0.3) is 10.9 Å². The number of nitrogens with one attached hydrogen (secondary N) is 2. The van der Waals surface area contributed by atoms with Crippen molar-refractivity contribution in [3.8, 4) is 0 Å². The van der Waals surface area contributed by atoms with Gasteiger partial charge >= 0.3 is 0 Å². The van der Waals surface area contributed by atoms with Crippen LogP contribution < -0.4 is 5.32 Å². The van der Waals surface area contributed by atoms with Gasteiger partial charge in [0.15, 0.2) is 0 Å². The Balaban J connectivity index is 1.56. The fraction of sp³-hybridized carbons (Fsp3) is 0.500. The van der Waals surface area contributed by atoms with E-state index in [9.17, 15) is 0 Å². The predicted molar refractivity (Wildman–Crippen MR) is 76.6 cm³/mol. The van der Waals surface area contributed by atoms with Crippen LogP contribution in [0.1, 0.15) is 37.7 Å². The lowest BCUT2D eigenvalue weighted by molar-refractivity contribution is 0.342. The van der Waals surface area contributed by atoms with Crippen LogP contribution in [0.15, 0.2) is 30.5 Å². The van der Waals surface area contributed by atoms with E-state index in [2.05, 4.69) is 40.8 Å². The maximum atomic E-state index is 3.63. The third kappa shape index (κ3) is 2.59. The predicted octanol–water partition coefficient (Wildman–Crippen LogP) is 3.84. The molecule has 3 rings (SSSR count). The highest BCUT2D eigenvalue weighted by molar-refractivity contribution is 5.82. The highest BCUT2D eigenvalue weighted by Crippen LogP contribution is 2.23. The van der Waals surface area contributed by atoms with Crippen LogP contribution in [0.2, 0.25) is 0 Å². The van der Waals surface area contributed by atoms with E-state index in [4.69, 9.17) is 0 Å². The van der Waals surface area contributed by atoms with Crippen molar-refractivity contribution in [2.24, 2.45) is 5.92 Å². The Morgan fingerprint density at radius 1 is 1.11 bits per heavy atom. The van der Waals surface area contributed by atoms with Gasteiger partial charge in [0.25, 0.3) is 0 Å². The lowest BCUT2D eigenvalue weighted by Crippen LogP contribution is -2.23. The zero-order chi connectivity index (χ0) is 12.2. The number of para-hydroxylation sites is 1. The van der Waals surface area contributed by atoms with E-state index in [0.29, 0.717) is 0 Å². The summed E-state index contributed by atoms with van der Waals surface area (Å²) in [6, 6.07) is 8.53. The molecule has 2 nitrogen and oxygen atoms in total. The number of aromatic nitrogens is 1. The van der Waals surface area contributed by atoms with E-state index in [1.807, 2.05) is 0 Å². The monoisotopic (exact) mass is 242 g/mol. The average molecular weight is 242 g/mol. The molecule has 1 aliphatic rings. The van der Waals surface area contributed by atoms with E-state index >= 15 is 0 Å². The van der Waals surface area contributed by atoms with Crippen LogP contribution in [0, 0.1) is 5.92 Å². The molecule has 1 aromatic heterocycles. The fourth-order valence-electron chi connectivity index (χ4n) is 3.08. The zero-order valence-corrected chi connectivity index (χ0v) is 10.9. The van der Waals surface area contributed by atoms with Gasteiger partial charge < -0.3 is 10.3 Å². The minimum atomic E-state index is 0.906. The molecule has 1 aliphatic carbocycles. The summed E-state index contributed by atoms with van der Waals surface area (Å²) >= 11 is 0. The average Bonchev–Trinajstić information content (AvgIpc) is 2.84. The summed E-state index contributed by atoms with van der Waals surface area (Å²) in [5.41, 5.74) is 2.63. The minimum absolute atomic E-state index is 0.906. The van der Waals surface area contributed by atoms with Crippen LogP contribution in [-0.4, -0.2) is 11.5 Å². The van der Waals surface area contributed by atoms with Gasteiger partial charge in [-0.2, -0.15) is 0 Å². The van der Waals surface area contributed by atoms with Crippen molar-refractivity contribution in [3.63, 3.8) is 0 Å². The summed E-state index contributed by atoms with van der Waals surface area (Å²) in [7, 11) is 0. The lowest BCUT2D eigenvalue weighted by atomic mass is 9.89. The van der Waals surface area contributed by atoms with Gasteiger partial charge in [-0.05, 0) is 36.9 Å². The SMILES string of the molecule is c1ccc2c(CNCC3CCCCC3)c[nH]c2c1. The van der Waals surface area contributed by atoms with Crippen molar-refractivity contribution in [2.45, 2.75) is 38.6 Å². The first-order chi connectivity index (χ1) is 8.93. The van der Waals surface area contributed by atoms with Crippen LogP contribution in [0.3, 0.4) is 0 Å². The van der Waals surface area contributed by atoms with Gasteiger partial charge in [-0.15, -0.1) is 0 Å². The first-order valence-electron chi connectivity index (χ1n) is 7.19. The molecule has 2 heteroatoms. The molecule has 1 saturated carbocycles. The van der Waals surface area contributed by atoms with Crippen LogP contribution >= 0.6 is 0 Å². The van der Waals surface area contributed by atoms with Gasteiger partial charge in [0.2, 0.25) is 0 Å². The molecule has 0 aliphatic heterocycles. The smallest absolute Gasteiger partial charge is 0.0457 e. The molecule has 2 N–H and O–H groups in total. The van der Waals surface area contributed by atoms with Gasteiger partial charge in [0.1, 0.15) is 0 Å². The van der Waals surface area contributed by atoms with E-state index in [-0.39, 0.29) is 0 Å². The molecule has 0 amide bonds. The highest BCUT2D eigenvalue weighted by atomic mass is 14.9. The fourth-order valence-corrected chi connectivity index (χ4v) is 3.08. The van der Waals surface area contributed by atoms with Crippen molar-refractivity contribution in [3.05, 3.63) is 36.0 Å². The molecule has 18 heavy (non-hydrogen) atoms. The number of fused-ring (bicyclic) bond motifs is 1. The summed E-state index contributed by atoms with van der Waals surface area (Å²) in [6.45, 7) is 2.17. The molecule has 1 aromatic carbocycles. The molecule has 0 bridgehead atoms. The Morgan fingerprint density at radius 3 is 2.83 bits per heavy atom. The summed E-state index contributed by atoms with van der Waals surface area (Å²) in [5, 5.41) is 4.98. The lowest BCUT2D eigenvalue weighted by Gasteiger charge is -2.21. The van der Waals surface area contributed by atoms with Crippen molar-refractivity contribution < 1.29 is 0 Å². The Kier molecular flexibility index (Phi) is 3.65. The molecule has 0 atom stereocenters. The topological polar surface area (TPSA) is 27.8 Å². The van der Waals surface area contributed by atoms with Gasteiger partial charge in [-0.3, -0.25) is 0 Å². The number of hydrogen-bond donors (Lipinski definition) is 2. The van der Waals surface area contributed by atoms with Crippen molar-refractivity contribution in [1.82, 2.24) is 10.3 Å². The number of H-pyrrole nitrogens is 1. The minimum Gasteiger partial charge on any atom is -0.361 e. The maximum absolute atomic E-state index is 3.63. The summed E-state index contributed by atoms with van der Waals surface area (Å²) in [6.07, 6.45) is 9.28. The molecule has 1 fully saturated rings. The maximum Gasteiger partial charge on any atom is 0.0457 e. The third-order valence-electron chi connectivity index (χ3n) is 4.15. The van der Waals surface area contributed by atoms with E-state index in [1.165, 1.54) is 55.1 Å². The molecule has 1 heterocycles. The Hall–Kier alpha value is -1.28. The quantitative estimate of drug-likeness (QED) is 0.837. The second-order valence-electron chi connectivity index (χ2n) is 5.49. The zero-order valence-electron chi connectivity index (χ0n) is 10.9. The van der Waals surface area contributed by atoms with E-state index in [0.717, 1.165) is 12.5 Å². The second kappa shape index (κ2) is 5.57. The second-order valence-corrected chi connectivity index (χ2v) is 5.49. The Morgan fingerprint density at radius 2 is 1.94 bits per heavy atom. The van der Waals surface area contributed by atoms with Crippen molar-refractivity contribution in [1.29, 1.82) is 0 Å². The molecular weight excluding hydrogens is 220 g/mol. The molecule has 0 spiro atoms. The first kappa shape index (κ1) is 11.8. The Bertz CT molecular complexity index is 495. The Labute approximate surface area is 109 Å². The van der Waals surface area contributed by atoms with Crippen LogP contribution in [0.5, 0.6) is 0 Å². The van der Waals surface area contributed by atoms with Gasteiger partial charge in [-0.1, -0.05) is 37.5 Å².